The summed E-state index contributed by atoms with van der Waals surface area (Å²) in [5.74, 6) is 0.864. The SMILES string of the molecule is O=C(NCCc1ccco1)c1cc(Br)cn1C1CC1. The summed E-state index contributed by atoms with van der Waals surface area (Å²) in [6, 6.07) is 6.14. The van der Waals surface area contributed by atoms with Gasteiger partial charge in [-0.05, 0) is 47.0 Å². The van der Waals surface area contributed by atoms with Crippen molar-refractivity contribution in [2.24, 2.45) is 0 Å². The summed E-state index contributed by atoms with van der Waals surface area (Å²) in [6.45, 7) is 0.583. The Morgan fingerprint density at radius 2 is 2.37 bits per heavy atom. The molecule has 1 aliphatic carbocycles. The monoisotopic (exact) mass is 322 g/mol. The van der Waals surface area contributed by atoms with Crippen LogP contribution in [-0.2, 0) is 6.42 Å². The van der Waals surface area contributed by atoms with Crippen LogP contribution in [0.1, 0.15) is 35.1 Å². The predicted molar refractivity (Wildman–Crippen MR) is 75.1 cm³/mol. The van der Waals surface area contributed by atoms with Gasteiger partial charge in [0, 0.05) is 29.7 Å². The minimum absolute atomic E-state index is 0.0239. The van der Waals surface area contributed by atoms with Gasteiger partial charge in [-0.15, -0.1) is 0 Å². The van der Waals surface area contributed by atoms with E-state index in [4.69, 9.17) is 4.42 Å². The summed E-state index contributed by atoms with van der Waals surface area (Å²) in [4.78, 5) is 12.2. The van der Waals surface area contributed by atoms with Crippen molar-refractivity contribution in [1.82, 2.24) is 9.88 Å². The van der Waals surface area contributed by atoms with Gasteiger partial charge in [0.2, 0.25) is 0 Å². The molecular weight excluding hydrogens is 308 g/mol. The van der Waals surface area contributed by atoms with Crippen LogP contribution in [0.15, 0.2) is 39.5 Å². The molecule has 4 nitrogen and oxygen atoms in total. The number of rotatable bonds is 5. The number of nitrogens with one attached hydrogen (secondary N) is 1. The van der Waals surface area contributed by atoms with Crippen molar-refractivity contribution in [3.05, 3.63) is 46.6 Å². The fourth-order valence-electron chi connectivity index (χ4n) is 2.13. The van der Waals surface area contributed by atoms with E-state index in [-0.39, 0.29) is 5.91 Å². The van der Waals surface area contributed by atoms with Crippen LogP contribution in [0.25, 0.3) is 0 Å². The molecule has 0 atom stereocenters. The van der Waals surface area contributed by atoms with Gasteiger partial charge in [-0.2, -0.15) is 0 Å². The Morgan fingerprint density at radius 3 is 3.05 bits per heavy atom. The number of nitrogens with zero attached hydrogens (tertiary/aromatic N) is 1. The second kappa shape index (κ2) is 5.25. The third-order valence-electron chi connectivity index (χ3n) is 3.23. The molecule has 0 spiro atoms. The largest absolute Gasteiger partial charge is 0.469 e. The molecule has 3 rings (SSSR count). The maximum atomic E-state index is 12.2. The molecule has 0 aromatic carbocycles. The Balaban J connectivity index is 1.60. The maximum Gasteiger partial charge on any atom is 0.267 e. The van der Waals surface area contributed by atoms with Crippen LogP contribution < -0.4 is 5.32 Å². The summed E-state index contributed by atoms with van der Waals surface area (Å²) < 4.78 is 8.25. The van der Waals surface area contributed by atoms with Crippen LogP contribution in [0, 0.1) is 0 Å². The molecule has 1 N–H and O–H groups in total. The Bertz CT molecular complexity index is 570. The number of furan rings is 1. The Labute approximate surface area is 119 Å². The van der Waals surface area contributed by atoms with Crippen molar-refractivity contribution in [3.63, 3.8) is 0 Å². The number of carbonyl (C=O) groups is 1. The topological polar surface area (TPSA) is 47.2 Å². The lowest BCUT2D eigenvalue weighted by molar-refractivity contribution is 0.0944. The van der Waals surface area contributed by atoms with Crippen molar-refractivity contribution in [2.75, 3.05) is 6.54 Å². The van der Waals surface area contributed by atoms with E-state index in [0.29, 0.717) is 19.0 Å². The van der Waals surface area contributed by atoms with Crippen molar-refractivity contribution in [2.45, 2.75) is 25.3 Å². The first-order chi connectivity index (χ1) is 9.24. The van der Waals surface area contributed by atoms with Crippen LogP contribution in [0.3, 0.4) is 0 Å². The zero-order valence-electron chi connectivity index (χ0n) is 10.4. The molecule has 100 valence electrons. The number of hydrogen-bond donors (Lipinski definition) is 1. The van der Waals surface area contributed by atoms with E-state index in [2.05, 4.69) is 25.8 Å². The van der Waals surface area contributed by atoms with E-state index in [0.717, 1.165) is 28.8 Å². The highest BCUT2D eigenvalue weighted by Gasteiger charge is 2.27. The van der Waals surface area contributed by atoms with E-state index in [9.17, 15) is 4.79 Å². The van der Waals surface area contributed by atoms with Gasteiger partial charge in [0.05, 0.1) is 6.26 Å². The maximum absolute atomic E-state index is 12.2. The van der Waals surface area contributed by atoms with Gasteiger partial charge in [0.1, 0.15) is 11.5 Å². The Kier molecular flexibility index (Phi) is 3.46. The van der Waals surface area contributed by atoms with Crippen LogP contribution in [0.5, 0.6) is 0 Å². The molecule has 1 amide bonds. The fourth-order valence-corrected chi connectivity index (χ4v) is 2.56. The molecule has 2 aromatic rings. The van der Waals surface area contributed by atoms with Gasteiger partial charge in [-0.25, -0.2) is 0 Å². The van der Waals surface area contributed by atoms with E-state index in [1.54, 1.807) is 6.26 Å². The molecular formula is C14H15BrN2O2. The molecule has 1 aliphatic rings. The average Bonchev–Trinajstić information content (AvgIpc) is 2.96. The highest BCUT2D eigenvalue weighted by molar-refractivity contribution is 9.10. The molecule has 0 unspecified atom stereocenters. The summed E-state index contributed by atoms with van der Waals surface area (Å²) >= 11 is 3.43. The minimum Gasteiger partial charge on any atom is -0.469 e. The molecule has 5 heteroatoms. The molecule has 2 aromatic heterocycles. The lowest BCUT2D eigenvalue weighted by atomic mass is 10.3. The number of halogens is 1. The number of amides is 1. The molecule has 19 heavy (non-hydrogen) atoms. The molecule has 2 heterocycles. The predicted octanol–water partition coefficient (Wildman–Crippen LogP) is 3.15. The van der Waals surface area contributed by atoms with Crippen LogP contribution >= 0.6 is 15.9 Å². The summed E-state index contributed by atoms with van der Waals surface area (Å²) in [7, 11) is 0. The second-order valence-electron chi connectivity index (χ2n) is 4.77. The standard InChI is InChI=1S/C14H15BrN2O2/c15-10-8-13(17(9-10)11-3-4-11)14(18)16-6-5-12-2-1-7-19-12/h1-2,7-9,11H,3-6H2,(H,16,18). The van der Waals surface area contributed by atoms with Crippen molar-refractivity contribution in [3.8, 4) is 0 Å². The lowest BCUT2D eigenvalue weighted by Crippen LogP contribution is -2.27. The number of carbonyl (C=O) groups excluding carboxylic acids is 1. The highest BCUT2D eigenvalue weighted by atomic mass is 79.9. The summed E-state index contributed by atoms with van der Waals surface area (Å²) in [5.41, 5.74) is 0.730. The molecule has 1 fully saturated rings. The summed E-state index contributed by atoms with van der Waals surface area (Å²) in [5, 5.41) is 2.93. The second-order valence-corrected chi connectivity index (χ2v) is 5.68. The summed E-state index contributed by atoms with van der Waals surface area (Å²) in [6.07, 6.45) is 6.66. The smallest absolute Gasteiger partial charge is 0.267 e. The van der Waals surface area contributed by atoms with Gasteiger partial charge in [0.15, 0.2) is 0 Å². The first kappa shape index (κ1) is 12.5. The number of aromatic nitrogens is 1. The highest BCUT2D eigenvalue weighted by Crippen LogP contribution is 2.37. The molecule has 0 radical (unpaired) electrons. The normalized spacial score (nSPS) is 14.6. The fraction of sp³-hybridized carbons (Fsp3) is 0.357. The van der Waals surface area contributed by atoms with E-state index >= 15 is 0 Å². The van der Waals surface area contributed by atoms with Gasteiger partial charge < -0.3 is 14.3 Å². The van der Waals surface area contributed by atoms with Crippen LogP contribution in [0.4, 0.5) is 0 Å². The molecule has 0 bridgehead atoms. The lowest BCUT2D eigenvalue weighted by Gasteiger charge is -2.07. The Hall–Kier alpha value is -1.49. The van der Waals surface area contributed by atoms with E-state index in [1.165, 1.54) is 0 Å². The first-order valence-corrected chi connectivity index (χ1v) is 7.21. The van der Waals surface area contributed by atoms with Gasteiger partial charge in [-0.3, -0.25) is 4.79 Å². The van der Waals surface area contributed by atoms with E-state index < -0.39 is 0 Å². The van der Waals surface area contributed by atoms with Crippen LogP contribution in [0.2, 0.25) is 0 Å². The zero-order chi connectivity index (χ0) is 13.2. The third-order valence-corrected chi connectivity index (χ3v) is 3.66. The molecule has 0 aliphatic heterocycles. The van der Waals surface area contributed by atoms with Crippen LogP contribution in [-0.4, -0.2) is 17.0 Å². The quantitative estimate of drug-likeness (QED) is 0.919. The van der Waals surface area contributed by atoms with Gasteiger partial charge in [0.25, 0.3) is 5.91 Å². The van der Waals surface area contributed by atoms with Gasteiger partial charge in [-0.1, -0.05) is 0 Å². The van der Waals surface area contributed by atoms with Crippen molar-refractivity contribution < 1.29 is 9.21 Å². The molecule has 0 saturated heterocycles. The average molecular weight is 323 g/mol. The first-order valence-electron chi connectivity index (χ1n) is 6.42. The van der Waals surface area contributed by atoms with Crippen molar-refractivity contribution >= 4 is 21.8 Å². The third kappa shape index (κ3) is 2.92. The van der Waals surface area contributed by atoms with E-state index in [1.807, 2.05) is 24.4 Å². The minimum atomic E-state index is -0.0239. The number of hydrogen-bond acceptors (Lipinski definition) is 2. The Morgan fingerprint density at radius 1 is 1.53 bits per heavy atom. The van der Waals surface area contributed by atoms with Gasteiger partial charge >= 0.3 is 0 Å². The molecule has 1 saturated carbocycles. The van der Waals surface area contributed by atoms with Crippen molar-refractivity contribution in [1.29, 1.82) is 0 Å². The zero-order valence-corrected chi connectivity index (χ0v) is 12.0.